The van der Waals surface area contributed by atoms with Crippen LogP contribution in [0, 0.1) is 11.3 Å². The molecule has 0 saturated carbocycles. The summed E-state index contributed by atoms with van der Waals surface area (Å²) in [5.74, 6) is -0.149. The van der Waals surface area contributed by atoms with Crippen molar-refractivity contribution in [2.75, 3.05) is 5.73 Å². The summed E-state index contributed by atoms with van der Waals surface area (Å²) in [5, 5.41) is 8.49. The summed E-state index contributed by atoms with van der Waals surface area (Å²) in [6.07, 6.45) is -2.78. The van der Waals surface area contributed by atoms with Crippen LogP contribution in [0.4, 0.5) is 14.5 Å². The van der Waals surface area contributed by atoms with Crippen LogP contribution in [0.2, 0.25) is 0 Å². The third kappa shape index (κ3) is 1.91. The second kappa shape index (κ2) is 4.20. The fraction of sp³-hybridized carbons (Fsp3) is 0.250. The largest absolute Gasteiger partial charge is 0.398 e. The molecule has 0 spiro atoms. The SMILES string of the molecule is N#Cc1cc(N)c(CCl)c(C(F)F)n1. The van der Waals surface area contributed by atoms with Crippen molar-refractivity contribution in [1.82, 2.24) is 4.98 Å². The number of nitrogens with two attached hydrogens (primary N) is 1. The molecule has 0 saturated heterocycles. The lowest BCUT2D eigenvalue weighted by Gasteiger charge is -2.08. The molecule has 0 atom stereocenters. The molecule has 0 unspecified atom stereocenters. The molecule has 0 aliphatic carbocycles. The Labute approximate surface area is 84.1 Å². The van der Waals surface area contributed by atoms with E-state index in [0.29, 0.717) is 0 Å². The van der Waals surface area contributed by atoms with Gasteiger partial charge < -0.3 is 5.73 Å². The van der Waals surface area contributed by atoms with Crippen LogP contribution in [-0.2, 0) is 5.88 Å². The number of nitrogen functional groups attached to an aromatic ring is 1. The van der Waals surface area contributed by atoms with E-state index in [2.05, 4.69) is 4.98 Å². The number of hydrogen-bond donors (Lipinski definition) is 1. The maximum Gasteiger partial charge on any atom is 0.280 e. The van der Waals surface area contributed by atoms with Crippen LogP contribution < -0.4 is 5.73 Å². The molecule has 1 heterocycles. The highest BCUT2D eigenvalue weighted by atomic mass is 35.5. The third-order valence-electron chi connectivity index (χ3n) is 1.65. The monoisotopic (exact) mass is 217 g/mol. The average molecular weight is 218 g/mol. The predicted molar refractivity (Wildman–Crippen MR) is 47.9 cm³/mol. The third-order valence-corrected chi connectivity index (χ3v) is 1.91. The topological polar surface area (TPSA) is 62.7 Å². The number of nitriles is 1. The molecule has 3 nitrogen and oxygen atoms in total. The normalized spacial score (nSPS) is 10.2. The quantitative estimate of drug-likeness (QED) is 0.773. The van der Waals surface area contributed by atoms with Crippen LogP contribution >= 0.6 is 11.6 Å². The maximum absolute atomic E-state index is 12.4. The Bertz CT molecular complexity index is 387. The Morgan fingerprint density at radius 1 is 1.64 bits per heavy atom. The number of nitrogens with zero attached hydrogens (tertiary/aromatic N) is 2. The average Bonchev–Trinajstić information content (AvgIpc) is 2.16. The zero-order valence-corrected chi connectivity index (χ0v) is 7.72. The van der Waals surface area contributed by atoms with Crippen molar-refractivity contribution in [1.29, 1.82) is 5.26 Å². The molecule has 74 valence electrons. The minimum atomic E-state index is -2.78. The minimum absolute atomic E-state index is 0.0712. The Balaban J connectivity index is 3.37. The van der Waals surface area contributed by atoms with E-state index in [-0.39, 0.29) is 22.8 Å². The Hall–Kier alpha value is -1.41. The standard InChI is InChI=1S/C8H6ClF2N3/c9-2-5-6(13)1-4(3-12)14-7(5)8(10)11/h1,8H,2H2,(H2,13,14). The van der Waals surface area contributed by atoms with E-state index >= 15 is 0 Å². The van der Waals surface area contributed by atoms with Gasteiger partial charge in [-0.2, -0.15) is 5.26 Å². The van der Waals surface area contributed by atoms with E-state index in [1.54, 1.807) is 6.07 Å². The highest BCUT2D eigenvalue weighted by Gasteiger charge is 2.17. The number of rotatable bonds is 2. The Morgan fingerprint density at radius 2 is 2.29 bits per heavy atom. The number of aromatic nitrogens is 1. The molecule has 0 radical (unpaired) electrons. The Morgan fingerprint density at radius 3 is 2.71 bits per heavy atom. The van der Waals surface area contributed by atoms with Gasteiger partial charge in [0.25, 0.3) is 6.43 Å². The van der Waals surface area contributed by atoms with Gasteiger partial charge in [0.15, 0.2) is 0 Å². The summed E-state index contributed by atoms with van der Waals surface area (Å²) in [5.41, 5.74) is 4.94. The maximum atomic E-state index is 12.4. The van der Waals surface area contributed by atoms with E-state index in [4.69, 9.17) is 22.6 Å². The van der Waals surface area contributed by atoms with E-state index < -0.39 is 12.1 Å². The minimum Gasteiger partial charge on any atom is -0.398 e. The molecule has 0 aromatic carbocycles. The van der Waals surface area contributed by atoms with Crippen LogP contribution in [0.1, 0.15) is 23.4 Å². The number of alkyl halides is 3. The van der Waals surface area contributed by atoms with E-state index in [1.165, 1.54) is 6.07 Å². The second-order valence-electron chi connectivity index (χ2n) is 2.51. The van der Waals surface area contributed by atoms with Gasteiger partial charge in [0.05, 0.1) is 5.88 Å². The number of pyridine rings is 1. The van der Waals surface area contributed by atoms with Gasteiger partial charge in [0.2, 0.25) is 0 Å². The van der Waals surface area contributed by atoms with E-state index in [0.717, 1.165) is 0 Å². The molecular formula is C8H6ClF2N3. The first-order chi connectivity index (χ1) is 6.60. The van der Waals surface area contributed by atoms with Gasteiger partial charge in [-0.3, -0.25) is 0 Å². The lowest BCUT2D eigenvalue weighted by molar-refractivity contribution is 0.145. The molecule has 0 amide bonds. The predicted octanol–water partition coefficient (Wildman–Crippen LogP) is 2.21. The summed E-state index contributed by atoms with van der Waals surface area (Å²) in [6, 6.07) is 2.87. The van der Waals surface area contributed by atoms with E-state index in [1.807, 2.05) is 0 Å². The zero-order chi connectivity index (χ0) is 10.7. The van der Waals surface area contributed by atoms with Crippen molar-refractivity contribution in [2.45, 2.75) is 12.3 Å². The Kier molecular flexibility index (Phi) is 3.20. The number of halogens is 3. The van der Waals surface area contributed by atoms with Gasteiger partial charge in [-0.15, -0.1) is 11.6 Å². The van der Waals surface area contributed by atoms with Gasteiger partial charge in [0, 0.05) is 11.3 Å². The van der Waals surface area contributed by atoms with Gasteiger partial charge in [0.1, 0.15) is 17.5 Å². The smallest absolute Gasteiger partial charge is 0.280 e. The molecule has 1 aromatic rings. The molecule has 0 fully saturated rings. The van der Waals surface area contributed by atoms with E-state index in [9.17, 15) is 8.78 Å². The van der Waals surface area contributed by atoms with Crippen LogP contribution in [0.25, 0.3) is 0 Å². The molecule has 0 aliphatic heterocycles. The van der Waals surface area contributed by atoms with Gasteiger partial charge in [-0.25, -0.2) is 13.8 Å². The first kappa shape index (κ1) is 10.7. The van der Waals surface area contributed by atoms with Crippen molar-refractivity contribution >= 4 is 17.3 Å². The van der Waals surface area contributed by atoms with Gasteiger partial charge >= 0.3 is 0 Å². The van der Waals surface area contributed by atoms with Crippen LogP contribution in [0.15, 0.2) is 6.07 Å². The number of anilines is 1. The summed E-state index contributed by atoms with van der Waals surface area (Å²) < 4.78 is 24.8. The highest BCUT2D eigenvalue weighted by molar-refractivity contribution is 6.17. The summed E-state index contributed by atoms with van der Waals surface area (Å²) >= 11 is 5.44. The molecule has 6 heteroatoms. The molecule has 0 aliphatic rings. The van der Waals surface area contributed by atoms with Crippen molar-refractivity contribution in [3.8, 4) is 6.07 Å². The second-order valence-corrected chi connectivity index (χ2v) is 2.77. The molecule has 2 N–H and O–H groups in total. The van der Waals surface area contributed by atoms with Crippen molar-refractivity contribution in [3.63, 3.8) is 0 Å². The highest BCUT2D eigenvalue weighted by Crippen LogP contribution is 2.27. The van der Waals surface area contributed by atoms with Crippen molar-refractivity contribution in [3.05, 3.63) is 23.0 Å². The van der Waals surface area contributed by atoms with Crippen molar-refractivity contribution < 1.29 is 8.78 Å². The van der Waals surface area contributed by atoms with Crippen molar-refractivity contribution in [2.24, 2.45) is 0 Å². The summed E-state index contributed by atoms with van der Waals surface area (Å²) in [7, 11) is 0. The first-order valence-electron chi connectivity index (χ1n) is 3.63. The molecule has 1 rings (SSSR count). The first-order valence-corrected chi connectivity index (χ1v) is 4.17. The summed E-state index contributed by atoms with van der Waals surface area (Å²) in [6.45, 7) is 0. The lowest BCUT2D eigenvalue weighted by atomic mass is 10.1. The lowest BCUT2D eigenvalue weighted by Crippen LogP contribution is -2.04. The zero-order valence-electron chi connectivity index (χ0n) is 6.97. The van der Waals surface area contributed by atoms with Crippen LogP contribution in [-0.4, -0.2) is 4.98 Å². The van der Waals surface area contributed by atoms with Gasteiger partial charge in [-0.05, 0) is 6.07 Å². The molecule has 0 bridgehead atoms. The van der Waals surface area contributed by atoms with Crippen LogP contribution in [0.5, 0.6) is 0 Å². The number of hydrogen-bond acceptors (Lipinski definition) is 3. The van der Waals surface area contributed by atoms with Crippen LogP contribution in [0.3, 0.4) is 0 Å². The summed E-state index contributed by atoms with van der Waals surface area (Å²) in [4.78, 5) is 3.45. The fourth-order valence-electron chi connectivity index (χ4n) is 0.995. The van der Waals surface area contributed by atoms with Gasteiger partial charge in [-0.1, -0.05) is 0 Å². The molecule has 14 heavy (non-hydrogen) atoms. The fourth-order valence-corrected chi connectivity index (χ4v) is 1.29. The molecular weight excluding hydrogens is 212 g/mol. The molecule has 1 aromatic heterocycles.